The van der Waals surface area contributed by atoms with Crippen LogP contribution < -0.4 is 9.46 Å². The van der Waals surface area contributed by atoms with E-state index in [1.165, 1.54) is 0 Å². The molecule has 3 rings (SSSR count). The first-order valence-corrected chi connectivity index (χ1v) is 10.5. The Morgan fingerprint density at radius 1 is 1.04 bits per heavy atom. The highest BCUT2D eigenvalue weighted by Crippen LogP contribution is 2.22. The molecule has 0 aliphatic heterocycles. The largest absolute Gasteiger partial charge is 0.476 e. The van der Waals surface area contributed by atoms with Crippen molar-refractivity contribution in [1.29, 1.82) is 0 Å². The van der Waals surface area contributed by atoms with Crippen molar-refractivity contribution in [2.75, 3.05) is 17.6 Å². The zero-order valence-corrected chi connectivity index (χ0v) is 16.2. The first-order valence-electron chi connectivity index (χ1n) is 8.18. The van der Waals surface area contributed by atoms with Crippen molar-refractivity contribution in [3.05, 3.63) is 71.2 Å². The van der Waals surface area contributed by atoms with Gasteiger partial charge in [-0.25, -0.2) is 8.42 Å². The van der Waals surface area contributed by atoms with Crippen LogP contribution in [0.25, 0.3) is 11.3 Å². The van der Waals surface area contributed by atoms with Gasteiger partial charge in [-0.15, -0.1) is 10.2 Å². The highest BCUT2D eigenvalue weighted by Gasteiger charge is 2.06. The molecule has 3 aromatic rings. The van der Waals surface area contributed by atoms with Crippen molar-refractivity contribution in [3.8, 4) is 17.1 Å². The molecular weight excluding hydrogens is 386 g/mol. The van der Waals surface area contributed by atoms with Crippen LogP contribution in [-0.2, 0) is 16.4 Å². The van der Waals surface area contributed by atoms with Gasteiger partial charge in [0.25, 0.3) is 0 Å². The van der Waals surface area contributed by atoms with Crippen molar-refractivity contribution in [2.24, 2.45) is 0 Å². The summed E-state index contributed by atoms with van der Waals surface area (Å²) in [5, 5.41) is 8.93. The summed E-state index contributed by atoms with van der Waals surface area (Å²) < 4.78 is 30.8. The lowest BCUT2D eigenvalue weighted by atomic mass is 10.1. The summed E-state index contributed by atoms with van der Waals surface area (Å²) in [4.78, 5) is 0. The van der Waals surface area contributed by atoms with Gasteiger partial charge < -0.3 is 4.74 Å². The highest BCUT2D eigenvalue weighted by atomic mass is 35.5. The van der Waals surface area contributed by atoms with E-state index in [2.05, 4.69) is 14.9 Å². The van der Waals surface area contributed by atoms with Gasteiger partial charge in [0.05, 0.1) is 18.6 Å². The van der Waals surface area contributed by atoms with Gasteiger partial charge >= 0.3 is 0 Å². The van der Waals surface area contributed by atoms with E-state index in [0.717, 1.165) is 23.8 Å². The van der Waals surface area contributed by atoms with E-state index in [9.17, 15) is 8.42 Å². The van der Waals surface area contributed by atoms with Gasteiger partial charge in [-0.1, -0.05) is 35.9 Å². The number of aromatic nitrogens is 2. The Morgan fingerprint density at radius 2 is 1.81 bits per heavy atom. The molecule has 1 heterocycles. The summed E-state index contributed by atoms with van der Waals surface area (Å²) >= 11 is 5.86. The zero-order valence-electron chi connectivity index (χ0n) is 14.6. The predicted octanol–water partition coefficient (Wildman–Crippen LogP) is 3.79. The Morgan fingerprint density at radius 3 is 2.48 bits per heavy atom. The Labute approximate surface area is 163 Å². The van der Waals surface area contributed by atoms with E-state index >= 15 is 0 Å². The summed E-state index contributed by atoms with van der Waals surface area (Å²) in [5.74, 6) is 0.429. The van der Waals surface area contributed by atoms with Crippen LogP contribution in [0.2, 0.25) is 5.02 Å². The molecule has 1 N–H and O–H groups in total. The van der Waals surface area contributed by atoms with Crippen LogP contribution in [0.3, 0.4) is 0 Å². The topological polar surface area (TPSA) is 81.2 Å². The summed E-state index contributed by atoms with van der Waals surface area (Å²) in [6, 6.07) is 18.1. The molecule has 6 nitrogen and oxygen atoms in total. The van der Waals surface area contributed by atoms with Crippen LogP contribution >= 0.6 is 11.6 Å². The molecule has 0 amide bonds. The van der Waals surface area contributed by atoms with E-state index < -0.39 is 10.0 Å². The van der Waals surface area contributed by atoms with Crippen LogP contribution in [0, 0.1) is 0 Å². The first-order chi connectivity index (χ1) is 12.9. The smallest absolute Gasteiger partial charge is 0.233 e. The number of hydrogen-bond donors (Lipinski definition) is 1. The minimum atomic E-state index is -3.33. The summed E-state index contributed by atoms with van der Waals surface area (Å²) in [7, 11) is -3.33. The van der Waals surface area contributed by atoms with Crippen LogP contribution in [0.4, 0.5) is 5.69 Å². The maximum Gasteiger partial charge on any atom is 0.233 e. The number of nitrogens with zero attached hydrogens (tertiary/aromatic N) is 2. The third-order valence-corrected chi connectivity index (χ3v) is 4.51. The van der Waals surface area contributed by atoms with Gasteiger partial charge in [-0.3, -0.25) is 4.72 Å². The van der Waals surface area contributed by atoms with Crippen molar-refractivity contribution in [2.45, 2.75) is 6.42 Å². The average molecular weight is 404 g/mol. The number of benzene rings is 2. The number of sulfonamides is 1. The van der Waals surface area contributed by atoms with Gasteiger partial charge in [0.2, 0.25) is 15.9 Å². The minimum Gasteiger partial charge on any atom is -0.476 e. The number of hydrogen-bond acceptors (Lipinski definition) is 5. The zero-order chi connectivity index (χ0) is 19.3. The van der Waals surface area contributed by atoms with Crippen molar-refractivity contribution in [3.63, 3.8) is 0 Å². The van der Waals surface area contributed by atoms with Crippen LogP contribution in [0.15, 0.2) is 60.7 Å². The number of nitrogens with one attached hydrogen (secondary N) is 1. The van der Waals surface area contributed by atoms with Gasteiger partial charge in [-0.2, -0.15) is 0 Å². The SMILES string of the molecule is CS(=O)(=O)Nc1cccc(-c2ccc(OCCc3ccc(Cl)cc3)nn2)c1. The lowest BCUT2D eigenvalue weighted by Gasteiger charge is -2.07. The van der Waals surface area contributed by atoms with E-state index in [4.69, 9.17) is 16.3 Å². The molecular formula is C19H18ClN3O3S. The summed E-state index contributed by atoms with van der Waals surface area (Å²) in [6.45, 7) is 0.476. The molecule has 0 saturated carbocycles. The molecule has 8 heteroatoms. The van der Waals surface area contributed by atoms with E-state index in [1.807, 2.05) is 30.3 Å². The molecule has 0 bridgehead atoms. The van der Waals surface area contributed by atoms with Gasteiger partial charge in [0, 0.05) is 28.8 Å². The molecule has 1 aromatic heterocycles. The average Bonchev–Trinajstić information content (AvgIpc) is 2.63. The molecule has 0 saturated heterocycles. The highest BCUT2D eigenvalue weighted by molar-refractivity contribution is 7.92. The molecule has 0 atom stereocenters. The number of anilines is 1. The molecule has 140 valence electrons. The Bertz CT molecular complexity index is 1010. The molecule has 0 aliphatic carbocycles. The first kappa shape index (κ1) is 19.1. The quantitative estimate of drug-likeness (QED) is 0.649. The third kappa shape index (κ3) is 5.94. The predicted molar refractivity (Wildman–Crippen MR) is 107 cm³/mol. The third-order valence-electron chi connectivity index (χ3n) is 3.66. The number of rotatable bonds is 7. The summed E-state index contributed by atoms with van der Waals surface area (Å²) in [5.41, 5.74) is 2.97. The maximum absolute atomic E-state index is 11.4. The fraction of sp³-hybridized carbons (Fsp3) is 0.158. The van der Waals surface area contributed by atoms with Crippen LogP contribution in [0.5, 0.6) is 5.88 Å². The second-order valence-electron chi connectivity index (χ2n) is 5.94. The van der Waals surface area contributed by atoms with E-state index in [1.54, 1.807) is 30.3 Å². The molecule has 0 fully saturated rings. The van der Waals surface area contributed by atoms with Crippen molar-refractivity contribution in [1.82, 2.24) is 10.2 Å². The molecule has 0 aliphatic rings. The lowest BCUT2D eigenvalue weighted by molar-refractivity contribution is 0.306. The monoisotopic (exact) mass is 403 g/mol. The molecule has 2 aromatic carbocycles. The molecule has 27 heavy (non-hydrogen) atoms. The lowest BCUT2D eigenvalue weighted by Crippen LogP contribution is -2.09. The maximum atomic E-state index is 11.4. The standard InChI is InChI=1S/C19H18ClN3O3S/c1-27(24,25)23-17-4-2-3-15(13-17)18-9-10-19(22-21-18)26-12-11-14-5-7-16(20)8-6-14/h2-10,13,23H,11-12H2,1H3. The van der Waals surface area contributed by atoms with E-state index in [-0.39, 0.29) is 0 Å². The fourth-order valence-electron chi connectivity index (χ4n) is 2.43. The van der Waals surface area contributed by atoms with Crippen molar-refractivity contribution < 1.29 is 13.2 Å². The molecule has 0 spiro atoms. The Balaban J connectivity index is 1.61. The number of ether oxygens (including phenoxy) is 1. The molecule has 0 unspecified atom stereocenters. The van der Waals surface area contributed by atoms with Gasteiger partial charge in [-0.05, 0) is 35.9 Å². The summed E-state index contributed by atoms with van der Waals surface area (Å²) in [6.07, 6.45) is 1.84. The van der Waals surface area contributed by atoms with Gasteiger partial charge in [0.1, 0.15) is 0 Å². The second kappa shape index (κ2) is 8.37. The van der Waals surface area contributed by atoms with Gasteiger partial charge in [0.15, 0.2) is 0 Å². The fourth-order valence-corrected chi connectivity index (χ4v) is 3.11. The second-order valence-corrected chi connectivity index (χ2v) is 8.12. The minimum absolute atomic E-state index is 0.429. The number of halogens is 1. The van der Waals surface area contributed by atoms with Crippen molar-refractivity contribution >= 4 is 27.3 Å². The Hall–Kier alpha value is -2.64. The molecule has 0 radical (unpaired) electrons. The normalized spacial score (nSPS) is 11.2. The van der Waals surface area contributed by atoms with Crippen LogP contribution in [0.1, 0.15) is 5.56 Å². The Kier molecular flexibility index (Phi) is 5.93. The van der Waals surface area contributed by atoms with Crippen LogP contribution in [-0.4, -0.2) is 31.5 Å². The van der Waals surface area contributed by atoms with E-state index in [0.29, 0.717) is 28.9 Å².